The molecule has 0 spiro atoms. The van der Waals surface area contributed by atoms with Crippen molar-refractivity contribution in [3.05, 3.63) is 54.1 Å². The Hall–Kier alpha value is -3.02. The highest BCUT2D eigenvalue weighted by atomic mass is 16.5. The molecule has 0 saturated carbocycles. The summed E-state index contributed by atoms with van der Waals surface area (Å²) < 4.78 is 5.11. The van der Waals surface area contributed by atoms with Crippen LogP contribution in [0.5, 0.6) is 5.75 Å². The Kier molecular flexibility index (Phi) is 5.96. The van der Waals surface area contributed by atoms with Crippen LogP contribution in [0.4, 0.5) is 11.4 Å². The van der Waals surface area contributed by atoms with Crippen molar-refractivity contribution in [2.75, 3.05) is 30.8 Å². The molecule has 1 atom stereocenters. The zero-order valence-corrected chi connectivity index (χ0v) is 15.7. The molecule has 0 bridgehead atoms. The molecule has 1 aliphatic heterocycles. The van der Waals surface area contributed by atoms with E-state index >= 15 is 0 Å². The number of hydrogen-bond donors (Lipinski definition) is 2. The van der Waals surface area contributed by atoms with Crippen LogP contribution >= 0.6 is 0 Å². The van der Waals surface area contributed by atoms with Gasteiger partial charge in [0.1, 0.15) is 11.8 Å². The van der Waals surface area contributed by atoms with Crippen molar-refractivity contribution in [3.63, 3.8) is 0 Å². The third-order valence-corrected chi connectivity index (χ3v) is 4.67. The molecule has 2 amide bonds. The summed E-state index contributed by atoms with van der Waals surface area (Å²) in [4.78, 5) is 26.6. The SMILES string of the molecule is COc1ccc(NC(=O)c2ccc(NC(C)C(=O)N3CCCC3)cc2)cc1. The van der Waals surface area contributed by atoms with Gasteiger partial charge in [-0.1, -0.05) is 0 Å². The molecular formula is C21H25N3O3. The van der Waals surface area contributed by atoms with Crippen LogP contribution < -0.4 is 15.4 Å². The lowest BCUT2D eigenvalue weighted by Crippen LogP contribution is -2.39. The number of amides is 2. The van der Waals surface area contributed by atoms with Crippen molar-refractivity contribution in [3.8, 4) is 5.75 Å². The van der Waals surface area contributed by atoms with Gasteiger partial charge >= 0.3 is 0 Å². The van der Waals surface area contributed by atoms with Crippen LogP contribution in [0.25, 0.3) is 0 Å². The first kappa shape index (κ1) is 18.8. The normalized spacial score (nSPS) is 14.5. The number of carbonyl (C=O) groups is 2. The molecule has 6 nitrogen and oxygen atoms in total. The molecule has 142 valence electrons. The van der Waals surface area contributed by atoms with E-state index in [0.29, 0.717) is 11.3 Å². The number of ether oxygens (including phenoxy) is 1. The van der Waals surface area contributed by atoms with Crippen molar-refractivity contribution < 1.29 is 14.3 Å². The summed E-state index contributed by atoms with van der Waals surface area (Å²) in [5, 5.41) is 6.06. The Labute approximate surface area is 159 Å². The summed E-state index contributed by atoms with van der Waals surface area (Å²) in [6.45, 7) is 3.55. The van der Waals surface area contributed by atoms with Gasteiger partial charge in [0, 0.05) is 30.0 Å². The van der Waals surface area contributed by atoms with Gasteiger partial charge in [0.05, 0.1) is 7.11 Å². The van der Waals surface area contributed by atoms with Crippen molar-refractivity contribution in [2.45, 2.75) is 25.8 Å². The predicted octanol–water partition coefficient (Wildman–Crippen LogP) is 3.37. The zero-order valence-electron chi connectivity index (χ0n) is 15.7. The Balaban J connectivity index is 1.57. The molecule has 1 fully saturated rings. The van der Waals surface area contributed by atoms with Crippen LogP contribution in [-0.4, -0.2) is 43.0 Å². The van der Waals surface area contributed by atoms with E-state index in [2.05, 4.69) is 10.6 Å². The first-order valence-electron chi connectivity index (χ1n) is 9.17. The maximum atomic E-state index is 12.4. The van der Waals surface area contributed by atoms with E-state index in [9.17, 15) is 9.59 Å². The topological polar surface area (TPSA) is 70.7 Å². The summed E-state index contributed by atoms with van der Waals surface area (Å²) >= 11 is 0. The van der Waals surface area contributed by atoms with Crippen molar-refractivity contribution in [1.82, 2.24) is 4.90 Å². The zero-order chi connectivity index (χ0) is 19.2. The molecule has 1 unspecified atom stereocenters. The van der Waals surface area contributed by atoms with E-state index in [1.165, 1.54) is 0 Å². The molecule has 2 aromatic carbocycles. The molecule has 2 N–H and O–H groups in total. The van der Waals surface area contributed by atoms with E-state index in [1.807, 2.05) is 24.0 Å². The summed E-state index contributed by atoms with van der Waals surface area (Å²) in [7, 11) is 1.60. The van der Waals surface area contributed by atoms with Crippen molar-refractivity contribution >= 4 is 23.2 Å². The van der Waals surface area contributed by atoms with E-state index in [4.69, 9.17) is 4.74 Å². The van der Waals surface area contributed by atoms with E-state index < -0.39 is 0 Å². The van der Waals surface area contributed by atoms with Crippen LogP contribution in [0.15, 0.2) is 48.5 Å². The number of anilines is 2. The van der Waals surface area contributed by atoms with Crippen molar-refractivity contribution in [1.29, 1.82) is 0 Å². The average Bonchev–Trinajstić information content (AvgIpc) is 3.23. The Bertz CT molecular complexity index is 781. The lowest BCUT2D eigenvalue weighted by Gasteiger charge is -2.22. The smallest absolute Gasteiger partial charge is 0.255 e. The number of likely N-dealkylation sites (tertiary alicyclic amines) is 1. The number of hydrogen-bond acceptors (Lipinski definition) is 4. The van der Waals surface area contributed by atoms with Gasteiger partial charge in [0.2, 0.25) is 5.91 Å². The van der Waals surface area contributed by atoms with E-state index in [0.717, 1.165) is 37.4 Å². The highest BCUT2D eigenvalue weighted by Crippen LogP contribution is 2.17. The molecule has 0 aliphatic carbocycles. The highest BCUT2D eigenvalue weighted by Gasteiger charge is 2.23. The molecule has 3 rings (SSSR count). The molecule has 1 heterocycles. The largest absolute Gasteiger partial charge is 0.497 e. The molecule has 1 saturated heterocycles. The first-order chi connectivity index (χ1) is 13.1. The monoisotopic (exact) mass is 367 g/mol. The number of nitrogens with zero attached hydrogens (tertiary/aromatic N) is 1. The molecule has 27 heavy (non-hydrogen) atoms. The maximum absolute atomic E-state index is 12.4. The van der Waals surface area contributed by atoms with Crippen LogP contribution in [0, 0.1) is 0 Å². The number of carbonyl (C=O) groups excluding carboxylic acids is 2. The molecule has 1 aliphatic rings. The van der Waals surface area contributed by atoms with E-state index in [1.54, 1.807) is 43.5 Å². The predicted molar refractivity (Wildman–Crippen MR) is 106 cm³/mol. The minimum atomic E-state index is -0.290. The summed E-state index contributed by atoms with van der Waals surface area (Å²) in [5.74, 6) is 0.669. The van der Waals surface area contributed by atoms with Gasteiger partial charge in [-0.25, -0.2) is 0 Å². The van der Waals surface area contributed by atoms with Gasteiger partial charge in [0.25, 0.3) is 5.91 Å². The summed E-state index contributed by atoms with van der Waals surface area (Å²) in [6.07, 6.45) is 2.16. The van der Waals surface area contributed by atoms with Gasteiger partial charge in [-0.05, 0) is 68.3 Å². The van der Waals surface area contributed by atoms with Crippen LogP contribution in [0.2, 0.25) is 0 Å². The third-order valence-electron chi connectivity index (χ3n) is 4.67. The minimum absolute atomic E-state index is 0.119. The van der Waals surface area contributed by atoms with Crippen LogP contribution in [-0.2, 0) is 4.79 Å². The fourth-order valence-corrected chi connectivity index (χ4v) is 3.12. The standard InChI is InChI=1S/C21H25N3O3/c1-15(21(26)24-13-3-4-14-24)22-17-7-5-16(6-8-17)20(25)23-18-9-11-19(27-2)12-10-18/h5-12,15,22H,3-4,13-14H2,1-2H3,(H,23,25). The quantitative estimate of drug-likeness (QED) is 0.821. The van der Waals surface area contributed by atoms with Gasteiger partial charge in [-0.15, -0.1) is 0 Å². The second-order valence-corrected chi connectivity index (χ2v) is 6.66. The number of methoxy groups -OCH3 is 1. The molecular weight excluding hydrogens is 342 g/mol. The maximum Gasteiger partial charge on any atom is 0.255 e. The average molecular weight is 367 g/mol. The summed E-state index contributed by atoms with van der Waals surface area (Å²) in [6, 6.07) is 14.0. The second kappa shape index (κ2) is 8.58. The Morgan fingerprint density at radius 1 is 0.963 bits per heavy atom. The highest BCUT2D eigenvalue weighted by molar-refractivity contribution is 6.04. The van der Waals surface area contributed by atoms with Crippen molar-refractivity contribution in [2.24, 2.45) is 0 Å². The lowest BCUT2D eigenvalue weighted by molar-refractivity contribution is -0.130. The molecule has 2 aromatic rings. The number of rotatable bonds is 6. The minimum Gasteiger partial charge on any atom is -0.497 e. The van der Waals surface area contributed by atoms with Gasteiger partial charge < -0.3 is 20.3 Å². The van der Waals surface area contributed by atoms with Gasteiger partial charge in [-0.2, -0.15) is 0 Å². The Morgan fingerprint density at radius 2 is 1.56 bits per heavy atom. The van der Waals surface area contributed by atoms with E-state index in [-0.39, 0.29) is 17.9 Å². The Morgan fingerprint density at radius 3 is 2.15 bits per heavy atom. The summed E-state index contributed by atoms with van der Waals surface area (Å²) in [5.41, 5.74) is 2.07. The fourth-order valence-electron chi connectivity index (χ4n) is 3.12. The molecule has 6 heteroatoms. The fraction of sp³-hybridized carbons (Fsp3) is 0.333. The second-order valence-electron chi connectivity index (χ2n) is 6.66. The van der Waals surface area contributed by atoms with Gasteiger partial charge in [0.15, 0.2) is 0 Å². The molecule has 0 aromatic heterocycles. The van der Waals surface area contributed by atoms with Crippen LogP contribution in [0.1, 0.15) is 30.1 Å². The van der Waals surface area contributed by atoms with Crippen LogP contribution in [0.3, 0.4) is 0 Å². The molecule has 0 radical (unpaired) electrons. The first-order valence-corrected chi connectivity index (χ1v) is 9.17. The number of benzene rings is 2. The number of nitrogens with one attached hydrogen (secondary N) is 2. The lowest BCUT2D eigenvalue weighted by atomic mass is 10.1. The van der Waals surface area contributed by atoms with Gasteiger partial charge in [-0.3, -0.25) is 9.59 Å². The third kappa shape index (κ3) is 4.78.